The zero-order valence-corrected chi connectivity index (χ0v) is 23.9. The normalized spacial score (nSPS) is 22.4. The number of allylic oxidation sites excluding steroid dienone is 2. The van der Waals surface area contributed by atoms with Gasteiger partial charge in [0, 0.05) is 6.42 Å². The van der Waals surface area contributed by atoms with Crippen LogP contribution in [-0.2, 0) is 32.0 Å². The number of hydrogen-bond donors (Lipinski definition) is 3. The number of benzene rings is 2. The van der Waals surface area contributed by atoms with Crippen molar-refractivity contribution < 1.29 is 24.2 Å². The number of nitrogens with one attached hydrogen (secondary N) is 2. The largest absolute Gasteiger partial charge is 0.463 e. The number of ether oxygens (including phenoxy) is 1. The molecule has 1 aliphatic heterocycles. The smallest absolute Gasteiger partial charge is 0.309 e. The van der Waals surface area contributed by atoms with Crippen molar-refractivity contribution in [2.75, 3.05) is 13.2 Å². The van der Waals surface area contributed by atoms with Gasteiger partial charge in [-0.05, 0) is 62.5 Å². The lowest BCUT2D eigenvalue weighted by atomic mass is 9.92. The van der Waals surface area contributed by atoms with Gasteiger partial charge in [-0.1, -0.05) is 85.7 Å². The van der Waals surface area contributed by atoms with Crippen molar-refractivity contribution in [3.8, 4) is 0 Å². The van der Waals surface area contributed by atoms with Gasteiger partial charge in [-0.3, -0.25) is 14.4 Å². The van der Waals surface area contributed by atoms with Gasteiger partial charge in [0.25, 0.3) is 0 Å². The molecule has 1 aliphatic carbocycles. The monoisotopic (exact) mass is 560 g/mol. The summed E-state index contributed by atoms with van der Waals surface area (Å²) in [6, 6.07) is 19.3. The summed E-state index contributed by atoms with van der Waals surface area (Å²) >= 11 is 0. The summed E-state index contributed by atoms with van der Waals surface area (Å²) < 4.78 is 5.92. The molecule has 2 aromatic rings. The quantitative estimate of drug-likeness (QED) is 0.321. The molecule has 1 spiro atoms. The number of aliphatic hydroxyl groups excluding tert-OH is 1. The van der Waals surface area contributed by atoms with Crippen molar-refractivity contribution in [2.24, 2.45) is 11.8 Å². The van der Waals surface area contributed by atoms with Gasteiger partial charge < -0.3 is 20.5 Å². The number of cyclic esters (lactones) is 1. The highest BCUT2D eigenvalue weighted by molar-refractivity contribution is 5.86. The predicted molar refractivity (Wildman–Crippen MR) is 159 cm³/mol. The molecule has 0 aromatic heterocycles. The summed E-state index contributed by atoms with van der Waals surface area (Å²) in [6.45, 7) is -0.0293. The van der Waals surface area contributed by atoms with Gasteiger partial charge in [0.15, 0.2) is 0 Å². The number of amides is 2. The molecule has 2 aliphatic rings. The second kappa shape index (κ2) is 15.5. The van der Waals surface area contributed by atoms with E-state index in [4.69, 9.17) is 4.74 Å². The highest BCUT2D eigenvalue weighted by Crippen LogP contribution is 2.32. The fraction of sp³-hybridized carbons (Fsp3) is 0.500. The Balaban J connectivity index is 1.43. The van der Waals surface area contributed by atoms with E-state index < -0.39 is 17.5 Å². The van der Waals surface area contributed by atoms with Crippen LogP contribution in [0.5, 0.6) is 0 Å². The van der Waals surface area contributed by atoms with Crippen LogP contribution in [0.3, 0.4) is 0 Å². The molecule has 7 nitrogen and oxygen atoms in total. The first kappa shape index (κ1) is 30.5. The molecule has 0 bridgehead atoms. The first-order valence-corrected chi connectivity index (χ1v) is 15.1. The minimum atomic E-state index is -0.604. The molecule has 41 heavy (non-hydrogen) atoms. The summed E-state index contributed by atoms with van der Waals surface area (Å²) in [5, 5.41) is 16.0. The SMILES string of the molecule is O=C(C[C@H]1CC=CCCC[C@H](Cc2ccccc2)C(=O)OCC2(CCCC2)NC1=O)N[C@H](CO)Cc1ccccc1. The van der Waals surface area contributed by atoms with Gasteiger partial charge in [0.05, 0.1) is 30.0 Å². The van der Waals surface area contributed by atoms with E-state index in [1.165, 1.54) is 0 Å². The Morgan fingerprint density at radius 2 is 1.63 bits per heavy atom. The summed E-state index contributed by atoms with van der Waals surface area (Å²) in [7, 11) is 0. The van der Waals surface area contributed by atoms with Crippen LogP contribution in [0.4, 0.5) is 0 Å². The number of rotatable bonds is 8. The molecule has 0 radical (unpaired) electrons. The standard InChI is InChI=1S/C34H44N2O5/c37-24-30(22-27-15-7-4-8-16-27)35-31(38)23-28-17-9-1-2-10-18-29(21-26-13-5-3-6-14-26)33(40)41-25-34(36-32(28)39)19-11-12-20-34/h1,3-9,13-16,28-30,37H,2,10-12,17-25H2,(H,35,38)(H,36,39)/t28-,29-,30+/m1/s1. The van der Waals surface area contributed by atoms with Crippen LogP contribution in [0.25, 0.3) is 0 Å². The first-order chi connectivity index (χ1) is 20.0. The van der Waals surface area contributed by atoms with Gasteiger partial charge in [0.1, 0.15) is 6.61 Å². The second-order valence-corrected chi connectivity index (χ2v) is 11.6. The Bertz CT molecular complexity index is 1140. The lowest BCUT2D eigenvalue weighted by molar-refractivity contribution is -0.152. The molecule has 0 saturated heterocycles. The predicted octanol–water partition coefficient (Wildman–Crippen LogP) is 4.67. The van der Waals surface area contributed by atoms with Crippen molar-refractivity contribution in [3.05, 3.63) is 83.9 Å². The van der Waals surface area contributed by atoms with E-state index in [2.05, 4.69) is 10.6 Å². The van der Waals surface area contributed by atoms with E-state index in [0.29, 0.717) is 19.3 Å². The third-order valence-corrected chi connectivity index (χ3v) is 8.32. The summed E-state index contributed by atoms with van der Waals surface area (Å²) in [5.41, 5.74) is 1.53. The summed E-state index contributed by atoms with van der Waals surface area (Å²) in [6.07, 6.45) is 11.4. The second-order valence-electron chi connectivity index (χ2n) is 11.6. The van der Waals surface area contributed by atoms with Crippen LogP contribution < -0.4 is 10.6 Å². The molecule has 2 aromatic carbocycles. The lowest BCUT2D eigenvalue weighted by Crippen LogP contribution is -2.53. The van der Waals surface area contributed by atoms with Crippen LogP contribution >= 0.6 is 0 Å². The topological polar surface area (TPSA) is 105 Å². The fourth-order valence-electron chi connectivity index (χ4n) is 5.96. The Morgan fingerprint density at radius 1 is 0.951 bits per heavy atom. The van der Waals surface area contributed by atoms with Crippen LogP contribution in [0, 0.1) is 11.8 Å². The number of esters is 1. The van der Waals surface area contributed by atoms with Gasteiger partial charge >= 0.3 is 5.97 Å². The minimum Gasteiger partial charge on any atom is -0.463 e. The maximum absolute atomic E-state index is 13.6. The van der Waals surface area contributed by atoms with E-state index in [1.807, 2.05) is 72.8 Å². The summed E-state index contributed by atoms with van der Waals surface area (Å²) in [5.74, 6) is -1.44. The molecule has 1 heterocycles. The van der Waals surface area contributed by atoms with E-state index in [1.54, 1.807) is 0 Å². The minimum absolute atomic E-state index is 0.0243. The molecule has 2 amide bonds. The fourth-order valence-corrected chi connectivity index (χ4v) is 5.96. The highest BCUT2D eigenvalue weighted by Gasteiger charge is 2.39. The highest BCUT2D eigenvalue weighted by atomic mass is 16.5. The van der Waals surface area contributed by atoms with Gasteiger partial charge in [-0.25, -0.2) is 0 Å². The van der Waals surface area contributed by atoms with E-state index in [-0.39, 0.29) is 43.3 Å². The van der Waals surface area contributed by atoms with Crippen molar-refractivity contribution >= 4 is 17.8 Å². The molecule has 1 saturated carbocycles. The maximum Gasteiger partial charge on any atom is 0.309 e. The molecule has 7 heteroatoms. The number of carbonyl (C=O) groups is 3. The number of aliphatic hydroxyl groups is 1. The Labute approximate surface area is 243 Å². The molecular formula is C34H44N2O5. The Hall–Kier alpha value is -3.45. The lowest BCUT2D eigenvalue weighted by Gasteiger charge is -2.32. The average Bonchev–Trinajstić information content (AvgIpc) is 3.45. The Morgan fingerprint density at radius 3 is 2.32 bits per heavy atom. The van der Waals surface area contributed by atoms with Crippen LogP contribution in [-0.4, -0.2) is 47.7 Å². The third-order valence-electron chi connectivity index (χ3n) is 8.32. The van der Waals surface area contributed by atoms with E-state index in [0.717, 1.165) is 56.1 Å². The number of carbonyl (C=O) groups excluding carboxylic acids is 3. The van der Waals surface area contributed by atoms with Crippen LogP contribution in [0.15, 0.2) is 72.8 Å². The van der Waals surface area contributed by atoms with Crippen LogP contribution in [0.2, 0.25) is 0 Å². The molecular weight excluding hydrogens is 516 g/mol. The first-order valence-electron chi connectivity index (χ1n) is 15.1. The maximum atomic E-state index is 13.6. The zero-order chi connectivity index (χ0) is 28.9. The average molecular weight is 561 g/mol. The molecule has 3 N–H and O–H groups in total. The summed E-state index contributed by atoms with van der Waals surface area (Å²) in [4.78, 5) is 39.9. The van der Waals surface area contributed by atoms with Crippen molar-refractivity contribution in [2.45, 2.75) is 82.2 Å². The van der Waals surface area contributed by atoms with Crippen molar-refractivity contribution in [1.82, 2.24) is 10.6 Å². The Kier molecular flexibility index (Phi) is 11.6. The van der Waals surface area contributed by atoms with E-state index in [9.17, 15) is 19.5 Å². The number of hydrogen-bond acceptors (Lipinski definition) is 5. The zero-order valence-electron chi connectivity index (χ0n) is 23.9. The van der Waals surface area contributed by atoms with Gasteiger partial charge in [-0.2, -0.15) is 0 Å². The molecule has 4 rings (SSSR count). The molecule has 220 valence electrons. The van der Waals surface area contributed by atoms with Gasteiger partial charge in [0.2, 0.25) is 11.8 Å². The third kappa shape index (κ3) is 9.56. The van der Waals surface area contributed by atoms with Crippen molar-refractivity contribution in [3.63, 3.8) is 0 Å². The molecule has 3 atom stereocenters. The van der Waals surface area contributed by atoms with Gasteiger partial charge in [-0.15, -0.1) is 0 Å². The van der Waals surface area contributed by atoms with Crippen LogP contribution in [0.1, 0.15) is 68.9 Å². The van der Waals surface area contributed by atoms with E-state index >= 15 is 0 Å². The molecule has 1 fully saturated rings. The molecule has 0 unspecified atom stereocenters. The van der Waals surface area contributed by atoms with Crippen molar-refractivity contribution in [1.29, 1.82) is 0 Å².